The topological polar surface area (TPSA) is 46.6 Å². The van der Waals surface area contributed by atoms with Crippen LogP contribution < -0.4 is 0 Å². The Morgan fingerprint density at radius 3 is 2.56 bits per heavy atom. The van der Waals surface area contributed by atoms with Gasteiger partial charge in [0.15, 0.2) is 0 Å². The summed E-state index contributed by atoms with van der Waals surface area (Å²) < 4.78 is 5.33. The molecular formula is C12H19NO3. The third-order valence-corrected chi connectivity index (χ3v) is 3.47. The predicted octanol–water partition coefficient (Wildman–Crippen LogP) is 1.83. The van der Waals surface area contributed by atoms with Crippen LogP contribution in [0, 0.1) is 11.8 Å². The summed E-state index contributed by atoms with van der Waals surface area (Å²) in [5.74, 6) is 1.02. The number of fused-ring (bicyclic) bond motifs is 1. The number of hydrogen-bond donors (Lipinski definition) is 0. The van der Waals surface area contributed by atoms with E-state index in [1.165, 1.54) is 0 Å². The van der Waals surface area contributed by atoms with E-state index in [1.54, 1.807) is 4.90 Å². The fraction of sp³-hybridized carbons (Fsp3) is 0.833. The summed E-state index contributed by atoms with van der Waals surface area (Å²) in [6.45, 7) is 7.63. The Morgan fingerprint density at radius 2 is 2.06 bits per heavy atom. The number of carbonyl (C=O) groups is 2. The van der Waals surface area contributed by atoms with Crippen LogP contribution in [-0.2, 0) is 9.53 Å². The summed E-state index contributed by atoms with van der Waals surface area (Å²) in [6.07, 6.45) is 1.32. The molecule has 0 aromatic rings. The van der Waals surface area contributed by atoms with Crippen molar-refractivity contribution >= 4 is 12.4 Å². The number of likely N-dealkylation sites (tertiary alicyclic amines) is 1. The van der Waals surface area contributed by atoms with Gasteiger partial charge in [-0.2, -0.15) is 0 Å². The van der Waals surface area contributed by atoms with Crippen molar-refractivity contribution < 1.29 is 14.3 Å². The zero-order chi connectivity index (χ0) is 12.1. The van der Waals surface area contributed by atoms with Crippen LogP contribution in [-0.4, -0.2) is 35.0 Å². The van der Waals surface area contributed by atoms with Gasteiger partial charge >= 0.3 is 6.09 Å². The van der Waals surface area contributed by atoms with E-state index >= 15 is 0 Å². The molecule has 4 nitrogen and oxygen atoms in total. The van der Waals surface area contributed by atoms with Crippen molar-refractivity contribution in [1.29, 1.82) is 0 Å². The number of aldehydes is 1. The first-order valence-corrected chi connectivity index (χ1v) is 5.82. The standard InChI is InChI=1S/C12H19NO3/c1-7-9-5-8(6-14)13(10(7)9)11(15)16-12(2,3)4/h6-10H,5H2,1-4H3. The Balaban J connectivity index is 2.07. The minimum Gasteiger partial charge on any atom is -0.444 e. The molecule has 1 saturated carbocycles. The first-order valence-electron chi connectivity index (χ1n) is 5.82. The van der Waals surface area contributed by atoms with E-state index < -0.39 is 5.60 Å². The van der Waals surface area contributed by atoms with Gasteiger partial charge in [0.1, 0.15) is 11.9 Å². The smallest absolute Gasteiger partial charge is 0.411 e. The lowest BCUT2D eigenvalue weighted by Gasteiger charge is -2.28. The Labute approximate surface area is 95.9 Å². The van der Waals surface area contributed by atoms with Gasteiger partial charge in [0.2, 0.25) is 0 Å². The maximum atomic E-state index is 12.0. The summed E-state index contributed by atoms with van der Waals surface area (Å²) in [5, 5.41) is 0. The van der Waals surface area contributed by atoms with Crippen LogP contribution in [0.2, 0.25) is 0 Å². The average molecular weight is 225 g/mol. The number of amides is 1. The van der Waals surface area contributed by atoms with Gasteiger partial charge in [-0.3, -0.25) is 4.90 Å². The molecule has 1 amide bonds. The molecule has 0 aromatic heterocycles. The van der Waals surface area contributed by atoms with E-state index in [0.29, 0.717) is 11.8 Å². The number of rotatable bonds is 1. The van der Waals surface area contributed by atoms with Crippen molar-refractivity contribution in [3.8, 4) is 0 Å². The quantitative estimate of drug-likeness (QED) is 0.640. The highest BCUT2D eigenvalue weighted by Gasteiger charge is 2.60. The Morgan fingerprint density at radius 1 is 1.44 bits per heavy atom. The summed E-state index contributed by atoms with van der Waals surface area (Å²) in [4.78, 5) is 24.5. The molecule has 0 bridgehead atoms. The summed E-state index contributed by atoms with van der Waals surface area (Å²) in [6, 6.07) is -0.0499. The van der Waals surface area contributed by atoms with E-state index in [2.05, 4.69) is 6.92 Å². The molecule has 0 radical (unpaired) electrons. The Hall–Kier alpha value is -1.06. The van der Waals surface area contributed by atoms with Crippen molar-refractivity contribution in [3.63, 3.8) is 0 Å². The molecule has 0 spiro atoms. The van der Waals surface area contributed by atoms with Crippen molar-refractivity contribution in [1.82, 2.24) is 4.90 Å². The lowest BCUT2D eigenvalue weighted by atomic mass is 10.1. The molecular weight excluding hydrogens is 206 g/mol. The van der Waals surface area contributed by atoms with Gasteiger partial charge < -0.3 is 9.53 Å². The molecule has 1 heterocycles. The number of carbonyl (C=O) groups excluding carboxylic acids is 2. The van der Waals surface area contributed by atoms with Crippen LogP contribution in [0.3, 0.4) is 0 Å². The SMILES string of the molecule is CC1C2CC(C=O)N(C(=O)OC(C)(C)C)C12. The van der Waals surface area contributed by atoms with E-state index in [4.69, 9.17) is 4.74 Å². The summed E-state index contributed by atoms with van der Waals surface area (Å²) >= 11 is 0. The fourth-order valence-electron chi connectivity index (χ4n) is 2.64. The maximum Gasteiger partial charge on any atom is 0.411 e. The van der Waals surface area contributed by atoms with Crippen LogP contribution in [0.1, 0.15) is 34.1 Å². The van der Waals surface area contributed by atoms with E-state index in [-0.39, 0.29) is 18.2 Å². The van der Waals surface area contributed by atoms with Crippen molar-refractivity contribution in [2.24, 2.45) is 11.8 Å². The third kappa shape index (κ3) is 1.81. The predicted molar refractivity (Wildman–Crippen MR) is 59.0 cm³/mol. The molecule has 2 fully saturated rings. The first-order chi connectivity index (χ1) is 7.35. The second kappa shape index (κ2) is 3.47. The van der Waals surface area contributed by atoms with Gasteiger partial charge in [-0.15, -0.1) is 0 Å². The monoisotopic (exact) mass is 225 g/mol. The largest absolute Gasteiger partial charge is 0.444 e. The molecule has 0 N–H and O–H groups in total. The highest BCUT2D eigenvalue weighted by Crippen LogP contribution is 2.52. The third-order valence-electron chi connectivity index (χ3n) is 3.47. The molecule has 4 heteroatoms. The van der Waals surface area contributed by atoms with Gasteiger partial charge in [-0.05, 0) is 39.0 Å². The van der Waals surface area contributed by atoms with Gasteiger partial charge in [-0.25, -0.2) is 4.79 Å². The van der Waals surface area contributed by atoms with Crippen molar-refractivity contribution in [2.45, 2.75) is 51.8 Å². The van der Waals surface area contributed by atoms with E-state index in [9.17, 15) is 9.59 Å². The minimum atomic E-state index is -0.499. The van der Waals surface area contributed by atoms with E-state index in [0.717, 1.165) is 12.7 Å². The minimum absolute atomic E-state index is 0.227. The fourth-order valence-corrected chi connectivity index (χ4v) is 2.64. The lowest BCUT2D eigenvalue weighted by Crippen LogP contribution is -2.43. The molecule has 2 aliphatic rings. The molecule has 90 valence electrons. The molecule has 4 unspecified atom stereocenters. The van der Waals surface area contributed by atoms with Crippen LogP contribution in [0.5, 0.6) is 0 Å². The first kappa shape index (κ1) is 11.4. The van der Waals surface area contributed by atoms with Crippen LogP contribution in [0.15, 0.2) is 0 Å². The maximum absolute atomic E-state index is 12.0. The second-order valence-corrected chi connectivity index (χ2v) is 5.84. The van der Waals surface area contributed by atoms with Crippen LogP contribution in [0.25, 0.3) is 0 Å². The van der Waals surface area contributed by atoms with Gasteiger partial charge in [0.05, 0.1) is 6.04 Å². The summed E-state index contributed by atoms with van der Waals surface area (Å²) in [5.41, 5.74) is -0.499. The molecule has 0 aromatic carbocycles. The van der Waals surface area contributed by atoms with Crippen LogP contribution >= 0.6 is 0 Å². The van der Waals surface area contributed by atoms with Gasteiger partial charge in [0.25, 0.3) is 0 Å². The highest BCUT2D eigenvalue weighted by molar-refractivity contribution is 5.76. The Kier molecular flexibility index (Phi) is 2.48. The van der Waals surface area contributed by atoms with E-state index in [1.807, 2.05) is 20.8 Å². The zero-order valence-corrected chi connectivity index (χ0v) is 10.3. The molecule has 1 aliphatic carbocycles. The van der Waals surface area contributed by atoms with Gasteiger partial charge in [0, 0.05) is 6.04 Å². The second-order valence-electron chi connectivity index (χ2n) is 5.84. The molecule has 4 atom stereocenters. The number of hydrogen-bond acceptors (Lipinski definition) is 3. The molecule has 1 saturated heterocycles. The number of piperidine rings is 1. The Bertz CT molecular complexity index is 321. The van der Waals surface area contributed by atoms with Gasteiger partial charge in [-0.1, -0.05) is 6.92 Å². The number of nitrogens with zero attached hydrogens (tertiary/aromatic N) is 1. The number of ether oxygens (including phenoxy) is 1. The lowest BCUT2D eigenvalue weighted by molar-refractivity contribution is -0.112. The summed E-state index contributed by atoms with van der Waals surface area (Å²) in [7, 11) is 0. The van der Waals surface area contributed by atoms with Crippen molar-refractivity contribution in [3.05, 3.63) is 0 Å². The zero-order valence-electron chi connectivity index (χ0n) is 10.3. The molecule has 2 rings (SSSR count). The van der Waals surface area contributed by atoms with Crippen LogP contribution in [0.4, 0.5) is 4.79 Å². The normalized spacial score (nSPS) is 36.9. The molecule has 1 aliphatic heterocycles. The molecule has 16 heavy (non-hydrogen) atoms. The highest BCUT2D eigenvalue weighted by atomic mass is 16.6. The van der Waals surface area contributed by atoms with Crippen molar-refractivity contribution in [2.75, 3.05) is 0 Å². The average Bonchev–Trinajstić information content (AvgIpc) is 2.62.